The molecule has 1 aromatic carbocycles. The summed E-state index contributed by atoms with van der Waals surface area (Å²) in [7, 11) is 0. The first-order valence-corrected chi connectivity index (χ1v) is 7.42. The van der Waals surface area contributed by atoms with E-state index in [9.17, 15) is 4.39 Å². The lowest BCUT2D eigenvalue weighted by molar-refractivity contribution is 0.0158. The quantitative estimate of drug-likeness (QED) is 0.837. The Morgan fingerprint density at radius 1 is 1.45 bits per heavy atom. The fraction of sp³-hybridized carbons (Fsp3) is 0.500. The summed E-state index contributed by atoms with van der Waals surface area (Å²) in [5.74, 6) is -0.418. The number of ether oxygens (including phenoxy) is 1. The molecule has 1 aromatic heterocycles. The summed E-state index contributed by atoms with van der Waals surface area (Å²) in [5, 5.41) is 0.109. The zero-order valence-electron chi connectivity index (χ0n) is 11.2. The molecule has 0 unspecified atom stereocenters. The van der Waals surface area contributed by atoms with E-state index in [0.29, 0.717) is 4.77 Å². The number of hydrogen-bond acceptors (Lipinski definition) is 2. The molecule has 3 rings (SSSR count). The summed E-state index contributed by atoms with van der Waals surface area (Å²) in [6, 6.07) is 3.04. The summed E-state index contributed by atoms with van der Waals surface area (Å²) < 4.78 is 21.7. The summed E-state index contributed by atoms with van der Waals surface area (Å²) in [6.45, 7) is 4.53. The van der Waals surface area contributed by atoms with Crippen molar-refractivity contribution in [2.24, 2.45) is 5.41 Å². The molecule has 0 aliphatic carbocycles. The summed E-state index contributed by atoms with van der Waals surface area (Å²) in [6.07, 6.45) is 1.97. The number of benzene rings is 1. The molecule has 0 radical (unpaired) electrons. The maximum atomic E-state index is 13.7. The number of rotatable bonds is 2. The van der Waals surface area contributed by atoms with Gasteiger partial charge in [0.2, 0.25) is 0 Å². The van der Waals surface area contributed by atoms with E-state index in [1.54, 1.807) is 6.07 Å². The van der Waals surface area contributed by atoms with Crippen LogP contribution in [0.4, 0.5) is 4.39 Å². The molecule has 2 aromatic rings. The lowest BCUT2D eigenvalue weighted by atomic mass is 9.82. The van der Waals surface area contributed by atoms with E-state index >= 15 is 0 Å². The van der Waals surface area contributed by atoms with Gasteiger partial charge < -0.3 is 14.3 Å². The van der Waals surface area contributed by atoms with Crippen LogP contribution >= 0.6 is 23.8 Å². The predicted octanol–water partition coefficient (Wildman–Crippen LogP) is 4.31. The Labute approximate surface area is 126 Å². The first-order valence-electron chi connectivity index (χ1n) is 6.64. The third-order valence-electron chi connectivity index (χ3n) is 4.06. The number of nitrogens with one attached hydrogen (secondary N) is 1. The van der Waals surface area contributed by atoms with Crippen molar-refractivity contribution >= 4 is 34.9 Å². The van der Waals surface area contributed by atoms with E-state index in [2.05, 4.69) is 11.9 Å². The lowest BCUT2D eigenvalue weighted by Gasteiger charge is -2.33. The lowest BCUT2D eigenvalue weighted by Crippen LogP contribution is -2.31. The van der Waals surface area contributed by atoms with E-state index in [1.165, 1.54) is 6.07 Å². The number of aromatic amines is 1. The maximum absolute atomic E-state index is 13.7. The minimum absolute atomic E-state index is 0.109. The predicted molar refractivity (Wildman–Crippen MR) is 80.3 cm³/mol. The number of imidazole rings is 1. The number of H-pyrrole nitrogens is 1. The van der Waals surface area contributed by atoms with Gasteiger partial charge >= 0.3 is 0 Å². The largest absolute Gasteiger partial charge is 0.381 e. The number of nitrogens with zero attached hydrogens (tertiary/aromatic N) is 1. The average Bonchev–Trinajstić information content (AvgIpc) is 2.67. The van der Waals surface area contributed by atoms with Crippen LogP contribution in [0.1, 0.15) is 19.8 Å². The molecule has 0 bridgehead atoms. The van der Waals surface area contributed by atoms with Gasteiger partial charge in [0.25, 0.3) is 0 Å². The van der Waals surface area contributed by atoms with Crippen molar-refractivity contribution in [1.82, 2.24) is 9.55 Å². The SMILES string of the molecule is CC1(Cn2c(=S)[nH]c3cc(Cl)c(F)cc32)CCOCC1. The molecular weight excluding hydrogens is 299 g/mol. The summed E-state index contributed by atoms with van der Waals surface area (Å²) in [4.78, 5) is 3.10. The molecule has 20 heavy (non-hydrogen) atoms. The maximum Gasteiger partial charge on any atom is 0.178 e. The monoisotopic (exact) mass is 314 g/mol. The Kier molecular flexibility index (Phi) is 3.60. The topological polar surface area (TPSA) is 29.9 Å². The van der Waals surface area contributed by atoms with Gasteiger partial charge in [0, 0.05) is 25.8 Å². The zero-order valence-corrected chi connectivity index (χ0v) is 12.8. The first-order chi connectivity index (χ1) is 9.48. The molecule has 1 fully saturated rings. The third kappa shape index (κ3) is 2.50. The van der Waals surface area contributed by atoms with Crippen molar-refractivity contribution < 1.29 is 9.13 Å². The van der Waals surface area contributed by atoms with Crippen molar-refractivity contribution in [3.63, 3.8) is 0 Å². The Balaban J connectivity index is 2.04. The van der Waals surface area contributed by atoms with Gasteiger partial charge in [0.05, 0.1) is 16.1 Å². The molecule has 0 atom stereocenters. The minimum atomic E-state index is -0.418. The fourth-order valence-electron chi connectivity index (χ4n) is 2.71. The van der Waals surface area contributed by atoms with E-state index in [1.807, 2.05) is 4.57 Å². The van der Waals surface area contributed by atoms with Gasteiger partial charge in [-0.2, -0.15) is 0 Å². The molecule has 0 spiro atoms. The molecule has 1 aliphatic heterocycles. The van der Waals surface area contributed by atoms with Gasteiger partial charge in [-0.3, -0.25) is 0 Å². The second kappa shape index (κ2) is 5.13. The van der Waals surface area contributed by atoms with Crippen molar-refractivity contribution in [2.75, 3.05) is 13.2 Å². The molecule has 6 heteroatoms. The van der Waals surface area contributed by atoms with Crippen LogP contribution in [0.2, 0.25) is 5.02 Å². The molecule has 2 heterocycles. The summed E-state index contributed by atoms with van der Waals surface area (Å²) in [5.41, 5.74) is 1.67. The van der Waals surface area contributed by atoms with Crippen molar-refractivity contribution in [3.05, 3.63) is 27.7 Å². The molecule has 0 amide bonds. The van der Waals surface area contributed by atoms with Crippen molar-refractivity contribution in [3.8, 4) is 0 Å². The van der Waals surface area contributed by atoms with Crippen LogP contribution in [0.5, 0.6) is 0 Å². The number of fused-ring (bicyclic) bond motifs is 1. The van der Waals surface area contributed by atoms with Gasteiger partial charge in [0.15, 0.2) is 4.77 Å². The Bertz CT molecular complexity index is 703. The van der Waals surface area contributed by atoms with E-state index < -0.39 is 5.82 Å². The zero-order chi connectivity index (χ0) is 14.3. The van der Waals surface area contributed by atoms with Crippen LogP contribution in [0, 0.1) is 16.0 Å². The minimum Gasteiger partial charge on any atom is -0.381 e. The molecule has 1 saturated heterocycles. The second-order valence-electron chi connectivity index (χ2n) is 5.72. The van der Waals surface area contributed by atoms with Crippen LogP contribution in [0.25, 0.3) is 11.0 Å². The fourth-order valence-corrected chi connectivity index (χ4v) is 3.15. The normalized spacial score (nSPS) is 18.6. The van der Waals surface area contributed by atoms with Crippen LogP contribution in [-0.2, 0) is 11.3 Å². The summed E-state index contributed by atoms with van der Waals surface area (Å²) >= 11 is 11.2. The third-order valence-corrected chi connectivity index (χ3v) is 4.67. The van der Waals surface area contributed by atoms with Crippen LogP contribution in [-0.4, -0.2) is 22.8 Å². The van der Waals surface area contributed by atoms with Crippen LogP contribution < -0.4 is 0 Å². The van der Waals surface area contributed by atoms with E-state index in [-0.39, 0.29) is 10.4 Å². The second-order valence-corrected chi connectivity index (χ2v) is 6.52. The highest BCUT2D eigenvalue weighted by Crippen LogP contribution is 2.33. The highest BCUT2D eigenvalue weighted by atomic mass is 35.5. The smallest absolute Gasteiger partial charge is 0.178 e. The van der Waals surface area contributed by atoms with Gasteiger partial charge in [-0.25, -0.2) is 4.39 Å². The van der Waals surface area contributed by atoms with Crippen molar-refractivity contribution in [1.29, 1.82) is 0 Å². The first kappa shape index (κ1) is 14.0. The van der Waals surface area contributed by atoms with Crippen molar-refractivity contribution in [2.45, 2.75) is 26.3 Å². The van der Waals surface area contributed by atoms with Gasteiger partial charge in [-0.1, -0.05) is 18.5 Å². The van der Waals surface area contributed by atoms with Gasteiger partial charge in [-0.15, -0.1) is 0 Å². The molecule has 0 saturated carbocycles. The number of halogens is 2. The molecule has 108 valence electrons. The van der Waals surface area contributed by atoms with Gasteiger partial charge in [0.1, 0.15) is 5.82 Å². The Morgan fingerprint density at radius 2 is 2.15 bits per heavy atom. The number of aromatic nitrogens is 2. The highest BCUT2D eigenvalue weighted by Gasteiger charge is 2.28. The van der Waals surface area contributed by atoms with E-state index in [4.69, 9.17) is 28.6 Å². The van der Waals surface area contributed by atoms with Crippen LogP contribution in [0.15, 0.2) is 12.1 Å². The molecule has 1 N–H and O–H groups in total. The van der Waals surface area contributed by atoms with E-state index in [0.717, 1.165) is 43.6 Å². The average molecular weight is 315 g/mol. The van der Waals surface area contributed by atoms with Gasteiger partial charge in [-0.05, 0) is 36.5 Å². The molecule has 3 nitrogen and oxygen atoms in total. The Hall–Kier alpha value is -0.910. The molecule has 1 aliphatic rings. The standard InChI is InChI=1S/C14H16ClFN2OS/c1-14(2-4-19-5-3-14)8-18-12-7-10(16)9(15)6-11(12)17-13(18)20/h6-7H,2-5,8H2,1H3,(H,17,20). The Morgan fingerprint density at radius 3 is 2.85 bits per heavy atom. The molecular formula is C14H16ClFN2OS. The van der Waals surface area contributed by atoms with Crippen LogP contribution in [0.3, 0.4) is 0 Å². The highest BCUT2D eigenvalue weighted by molar-refractivity contribution is 7.71. The number of hydrogen-bond donors (Lipinski definition) is 1.